The summed E-state index contributed by atoms with van der Waals surface area (Å²) >= 11 is 0. The van der Waals surface area contributed by atoms with Gasteiger partial charge in [-0.1, -0.05) is 30.0 Å². The van der Waals surface area contributed by atoms with E-state index in [0.717, 1.165) is 55.2 Å². The maximum absolute atomic E-state index is 13.0. The Labute approximate surface area is 228 Å². The molecule has 0 bridgehead atoms. The Morgan fingerprint density at radius 1 is 0.923 bits per heavy atom. The fraction of sp³-hybridized carbons (Fsp3) is 0.267. The third-order valence-corrected chi connectivity index (χ3v) is 6.67. The number of benzene rings is 2. The van der Waals surface area contributed by atoms with E-state index in [9.17, 15) is 4.79 Å². The third-order valence-electron chi connectivity index (χ3n) is 6.67. The van der Waals surface area contributed by atoms with Crippen LogP contribution in [0.4, 0.5) is 17.3 Å². The molecule has 2 N–H and O–H groups in total. The van der Waals surface area contributed by atoms with Crippen LogP contribution < -0.4 is 10.6 Å². The summed E-state index contributed by atoms with van der Waals surface area (Å²) < 4.78 is 1.70. The molecular weight excluding hydrogens is 488 g/mol. The summed E-state index contributed by atoms with van der Waals surface area (Å²) in [5.74, 6) is 6.56. The van der Waals surface area contributed by atoms with E-state index in [1.165, 1.54) is 5.56 Å². The summed E-state index contributed by atoms with van der Waals surface area (Å²) in [6.07, 6.45) is 6.87. The van der Waals surface area contributed by atoms with Gasteiger partial charge in [0, 0.05) is 75.2 Å². The zero-order valence-electron chi connectivity index (χ0n) is 22.5. The molecule has 2 aromatic heterocycles. The van der Waals surface area contributed by atoms with Gasteiger partial charge in [0.05, 0.1) is 17.4 Å². The number of hydrogen-bond acceptors (Lipinski definition) is 7. The van der Waals surface area contributed by atoms with Gasteiger partial charge >= 0.3 is 0 Å². The Morgan fingerprint density at radius 2 is 1.67 bits per heavy atom. The second-order valence-corrected chi connectivity index (χ2v) is 9.83. The van der Waals surface area contributed by atoms with E-state index in [1.54, 1.807) is 23.3 Å². The van der Waals surface area contributed by atoms with Gasteiger partial charge in [0.1, 0.15) is 0 Å². The van der Waals surface area contributed by atoms with Gasteiger partial charge < -0.3 is 15.5 Å². The summed E-state index contributed by atoms with van der Waals surface area (Å²) in [7, 11) is 4.01. The Bertz CT molecular complexity index is 1490. The first-order chi connectivity index (χ1) is 18.9. The van der Waals surface area contributed by atoms with Crippen LogP contribution >= 0.6 is 0 Å². The van der Waals surface area contributed by atoms with Crippen LogP contribution in [0.2, 0.25) is 0 Å². The van der Waals surface area contributed by atoms with E-state index >= 15 is 0 Å². The van der Waals surface area contributed by atoms with Crippen molar-refractivity contribution < 1.29 is 4.79 Å². The highest BCUT2D eigenvalue weighted by atomic mass is 16.1. The minimum Gasteiger partial charge on any atom is -0.322 e. The molecule has 39 heavy (non-hydrogen) atoms. The van der Waals surface area contributed by atoms with E-state index in [4.69, 9.17) is 0 Å². The Kier molecular flexibility index (Phi) is 7.96. The Morgan fingerprint density at radius 3 is 2.36 bits per heavy atom. The molecule has 0 atom stereocenters. The molecular formula is C30H32N8O. The van der Waals surface area contributed by atoms with Crippen LogP contribution in [0.15, 0.2) is 67.3 Å². The monoisotopic (exact) mass is 520 g/mol. The third kappa shape index (κ3) is 7.08. The number of hydrogen-bond donors (Lipinski definition) is 2. The fourth-order valence-electron chi connectivity index (χ4n) is 4.27. The number of carbonyl (C=O) groups is 1. The summed E-state index contributed by atoms with van der Waals surface area (Å²) in [6.45, 7) is 7.26. The lowest BCUT2D eigenvalue weighted by atomic mass is 10.0. The predicted octanol–water partition coefficient (Wildman–Crippen LogP) is 3.66. The molecule has 1 aliphatic rings. The Balaban J connectivity index is 1.20. The van der Waals surface area contributed by atoms with Crippen molar-refractivity contribution in [1.29, 1.82) is 0 Å². The smallest absolute Gasteiger partial charge is 0.255 e. The first kappa shape index (κ1) is 26.1. The highest BCUT2D eigenvalue weighted by Gasteiger charge is 2.14. The van der Waals surface area contributed by atoms with Crippen LogP contribution in [0, 0.1) is 18.8 Å². The number of rotatable bonds is 6. The van der Waals surface area contributed by atoms with Crippen molar-refractivity contribution in [3.8, 4) is 11.8 Å². The normalized spacial score (nSPS) is 13.9. The summed E-state index contributed by atoms with van der Waals surface area (Å²) in [5.41, 5.74) is 5.83. The van der Waals surface area contributed by atoms with Crippen molar-refractivity contribution >= 4 is 23.2 Å². The van der Waals surface area contributed by atoms with Gasteiger partial charge in [-0.2, -0.15) is 5.10 Å². The van der Waals surface area contributed by atoms with E-state index in [1.807, 2.05) is 50.5 Å². The molecule has 3 heterocycles. The quantitative estimate of drug-likeness (QED) is 0.375. The number of piperazine rings is 1. The van der Waals surface area contributed by atoms with Gasteiger partial charge in [0.2, 0.25) is 5.95 Å². The zero-order valence-corrected chi connectivity index (χ0v) is 22.5. The number of amides is 1. The van der Waals surface area contributed by atoms with Gasteiger partial charge in [0.15, 0.2) is 0 Å². The second kappa shape index (κ2) is 11.9. The van der Waals surface area contributed by atoms with E-state index in [0.29, 0.717) is 17.1 Å². The Hall–Kier alpha value is -4.52. The van der Waals surface area contributed by atoms with Crippen molar-refractivity contribution in [2.75, 3.05) is 43.9 Å². The van der Waals surface area contributed by atoms with Gasteiger partial charge in [-0.05, 0) is 49.4 Å². The van der Waals surface area contributed by atoms with Crippen LogP contribution in [0.5, 0.6) is 0 Å². The lowest BCUT2D eigenvalue weighted by Gasteiger charge is -2.32. The molecule has 5 rings (SSSR count). The molecule has 9 heteroatoms. The van der Waals surface area contributed by atoms with E-state index in [-0.39, 0.29) is 5.91 Å². The highest BCUT2D eigenvalue weighted by molar-refractivity contribution is 6.04. The summed E-state index contributed by atoms with van der Waals surface area (Å²) in [4.78, 5) is 26.4. The standard InChI is InChI=1S/C30H32N8O/c1-22-4-8-26(29(39)34-27-10-6-23(7-11-27)20-38-14-12-36(2)13-15-38)16-25(22)9-5-24-17-31-30(32-18-24)35-28-19-33-37(3)21-28/h4,6-8,10-11,16-19,21H,12-15,20H2,1-3H3,(H,34,39)(H,31,32,35). The number of carbonyl (C=O) groups excluding carboxylic acids is 1. The number of aromatic nitrogens is 4. The maximum atomic E-state index is 13.0. The fourth-order valence-corrected chi connectivity index (χ4v) is 4.27. The van der Waals surface area contributed by atoms with Crippen LogP contribution in [0.1, 0.15) is 32.6 Å². The lowest BCUT2D eigenvalue weighted by Crippen LogP contribution is -2.43. The molecule has 9 nitrogen and oxygen atoms in total. The van der Waals surface area contributed by atoms with Crippen molar-refractivity contribution in [1.82, 2.24) is 29.5 Å². The maximum Gasteiger partial charge on any atom is 0.255 e. The molecule has 0 saturated carbocycles. The molecule has 198 valence electrons. The first-order valence-corrected chi connectivity index (χ1v) is 12.9. The van der Waals surface area contributed by atoms with Crippen molar-refractivity contribution in [3.63, 3.8) is 0 Å². The van der Waals surface area contributed by atoms with Crippen LogP contribution in [0.25, 0.3) is 0 Å². The molecule has 1 aliphatic heterocycles. The largest absolute Gasteiger partial charge is 0.322 e. The number of aryl methyl sites for hydroxylation is 2. The number of anilines is 3. The van der Waals surface area contributed by atoms with E-state index in [2.05, 4.69) is 66.5 Å². The molecule has 0 unspecified atom stereocenters. The lowest BCUT2D eigenvalue weighted by molar-refractivity contribution is 0.102. The van der Waals surface area contributed by atoms with Crippen LogP contribution in [0.3, 0.4) is 0 Å². The van der Waals surface area contributed by atoms with Gasteiger partial charge in [0.25, 0.3) is 5.91 Å². The highest BCUT2D eigenvalue weighted by Crippen LogP contribution is 2.16. The second-order valence-electron chi connectivity index (χ2n) is 9.83. The molecule has 2 aromatic carbocycles. The molecule has 0 aliphatic carbocycles. The van der Waals surface area contributed by atoms with Crippen molar-refractivity contribution in [2.24, 2.45) is 7.05 Å². The van der Waals surface area contributed by atoms with Crippen LogP contribution in [-0.2, 0) is 13.6 Å². The minimum atomic E-state index is -0.168. The molecule has 1 amide bonds. The molecule has 0 spiro atoms. The zero-order chi connectivity index (χ0) is 27.2. The van der Waals surface area contributed by atoms with Gasteiger partial charge in [-0.15, -0.1) is 0 Å². The topological polar surface area (TPSA) is 91.2 Å². The molecule has 0 radical (unpaired) electrons. The predicted molar refractivity (Wildman–Crippen MR) is 153 cm³/mol. The molecule has 4 aromatic rings. The van der Waals surface area contributed by atoms with Gasteiger partial charge in [-0.25, -0.2) is 9.97 Å². The van der Waals surface area contributed by atoms with Gasteiger partial charge in [-0.3, -0.25) is 14.4 Å². The number of likely N-dealkylation sites (N-methyl/N-ethyl adjacent to an activating group) is 1. The molecule has 1 saturated heterocycles. The van der Waals surface area contributed by atoms with Crippen molar-refractivity contribution in [3.05, 3.63) is 95.1 Å². The number of nitrogens with zero attached hydrogens (tertiary/aromatic N) is 6. The SMILES string of the molecule is Cc1ccc(C(=O)Nc2ccc(CN3CCN(C)CC3)cc2)cc1C#Cc1cnc(Nc2cnn(C)c2)nc1. The average Bonchev–Trinajstić information content (AvgIpc) is 3.35. The van der Waals surface area contributed by atoms with E-state index < -0.39 is 0 Å². The molecule has 1 fully saturated rings. The summed E-state index contributed by atoms with van der Waals surface area (Å²) in [6, 6.07) is 13.6. The summed E-state index contributed by atoms with van der Waals surface area (Å²) in [5, 5.41) is 10.2. The average molecular weight is 521 g/mol. The van der Waals surface area contributed by atoms with Crippen LogP contribution in [-0.4, -0.2) is 68.7 Å². The van der Waals surface area contributed by atoms with Crippen molar-refractivity contribution in [2.45, 2.75) is 13.5 Å². The minimum absolute atomic E-state index is 0.168. The number of nitrogens with one attached hydrogen (secondary N) is 2. The first-order valence-electron chi connectivity index (χ1n) is 12.9.